The summed E-state index contributed by atoms with van der Waals surface area (Å²) in [5.41, 5.74) is 7.05. The Kier molecular flexibility index (Phi) is 15.8. The predicted octanol–water partition coefficient (Wildman–Crippen LogP) is 4.82. The number of hydrogen-bond acceptors (Lipinski definition) is 9. The number of carboxylic acid groups (broad SMARTS) is 1. The van der Waals surface area contributed by atoms with Crippen molar-refractivity contribution in [3.05, 3.63) is 131 Å². The van der Waals surface area contributed by atoms with Crippen LogP contribution in [0, 0.1) is 0 Å². The highest BCUT2D eigenvalue weighted by atomic mass is 16.5. The minimum absolute atomic E-state index is 0.174. The molecule has 0 radical (unpaired) electrons. The number of hydrogen-bond donors (Lipinski definition) is 5. The summed E-state index contributed by atoms with van der Waals surface area (Å²) in [5.74, 6) is 0.282. The first kappa shape index (κ1) is 41.0. The first-order valence-electron chi connectivity index (χ1n) is 18.0. The Morgan fingerprint density at radius 3 is 1.43 bits per heavy atom. The second-order valence-electron chi connectivity index (χ2n) is 13.8. The zero-order valence-electron chi connectivity index (χ0n) is 30.8. The van der Waals surface area contributed by atoms with Crippen LogP contribution in [0.5, 0.6) is 11.5 Å². The maximum absolute atomic E-state index is 12.3. The Bertz CT molecular complexity index is 1660. The second-order valence-corrected chi connectivity index (χ2v) is 13.8. The molecule has 0 atom stereocenters. The van der Waals surface area contributed by atoms with Crippen molar-refractivity contribution < 1.29 is 34.4 Å². The quantitative estimate of drug-likeness (QED) is 0.145. The number of nitrogens with one attached hydrogen (secondary N) is 1. The molecule has 2 aliphatic rings. The summed E-state index contributed by atoms with van der Waals surface area (Å²) >= 11 is 0. The number of likely N-dealkylation sites (tertiary alicyclic amines) is 2. The van der Waals surface area contributed by atoms with Gasteiger partial charge in [-0.15, -0.1) is 0 Å². The zero-order valence-corrected chi connectivity index (χ0v) is 30.8. The molecule has 284 valence electrons. The van der Waals surface area contributed by atoms with E-state index in [9.17, 15) is 19.8 Å². The minimum atomic E-state index is -0.931. The number of amides is 1. The number of benzene rings is 4. The predicted molar refractivity (Wildman–Crippen MR) is 206 cm³/mol. The van der Waals surface area contributed by atoms with Crippen LogP contribution in [-0.4, -0.2) is 102 Å². The number of carboxylic acids is 1. The van der Waals surface area contributed by atoms with Crippen molar-refractivity contribution >= 4 is 11.9 Å². The maximum atomic E-state index is 12.3. The van der Waals surface area contributed by atoms with E-state index in [2.05, 4.69) is 22.2 Å². The van der Waals surface area contributed by atoms with Gasteiger partial charge in [-0.1, -0.05) is 60.7 Å². The highest BCUT2D eigenvalue weighted by Crippen LogP contribution is 2.21. The van der Waals surface area contributed by atoms with Gasteiger partial charge in [-0.2, -0.15) is 0 Å². The molecule has 0 unspecified atom stereocenters. The van der Waals surface area contributed by atoms with Gasteiger partial charge in [0.1, 0.15) is 24.7 Å². The van der Waals surface area contributed by atoms with Gasteiger partial charge in [0.2, 0.25) is 0 Å². The molecule has 0 aromatic heterocycles. The summed E-state index contributed by atoms with van der Waals surface area (Å²) in [6.07, 6.45) is 2.99. The van der Waals surface area contributed by atoms with Gasteiger partial charge in [0.25, 0.3) is 5.91 Å². The molecule has 2 fully saturated rings. The number of rotatable bonds is 11. The maximum Gasteiger partial charge on any atom is 0.335 e. The molecule has 2 aliphatic heterocycles. The number of carbonyl (C=O) groups excluding carboxylic acids is 1. The smallest absolute Gasteiger partial charge is 0.335 e. The molecular formula is C42H54N4O7. The molecule has 0 spiro atoms. The van der Waals surface area contributed by atoms with E-state index >= 15 is 0 Å². The van der Waals surface area contributed by atoms with Crippen molar-refractivity contribution in [2.24, 2.45) is 5.73 Å². The standard InChI is InChI=1S/C21H26N2O3.C14H12O3.C7H16N2O/c1-23-13-11-21(25,12-14-23)16-22-20(24)18-7-9-19(10-8-18)26-15-17-5-3-2-4-6-17;15-14(16)12-6-8-13(9-7-12)17-10-11-4-2-1-3-5-11;1-9-4-2-7(10,6-8)3-5-9/h2-10,25H,11-16H2,1H3,(H,22,24);1-9H,10H2,(H,15,16);10H,2-6,8H2,1H3. The van der Waals surface area contributed by atoms with E-state index in [1.165, 1.54) is 12.1 Å². The highest BCUT2D eigenvalue weighted by Gasteiger charge is 2.31. The van der Waals surface area contributed by atoms with Gasteiger partial charge in [0, 0.05) is 44.8 Å². The van der Waals surface area contributed by atoms with E-state index in [4.69, 9.17) is 20.3 Å². The van der Waals surface area contributed by atoms with Crippen molar-refractivity contribution in [2.75, 3.05) is 53.4 Å². The van der Waals surface area contributed by atoms with Crippen molar-refractivity contribution in [1.82, 2.24) is 15.1 Å². The van der Waals surface area contributed by atoms with Crippen molar-refractivity contribution in [3.8, 4) is 11.5 Å². The van der Waals surface area contributed by atoms with E-state index in [0.717, 1.165) is 55.9 Å². The Morgan fingerprint density at radius 1 is 0.642 bits per heavy atom. The molecule has 11 heteroatoms. The number of carbonyl (C=O) groups is 2. The van der Waals surface area contributed by atoms with Gasteiger partial charge in [-0.25, -0.2) is 4.79 Å². The van der Waals surface area contributed by atoms with Gasteiger partial charge in [0.05, 0.1) is 16.8 Å². The number of nitrogens with two attached hydrogens (primary N) is 1. The summed E-state index contributed by atoms with van der Waals surface area (Å²) in [7, 11) is 4.11. The van der Waals surface area contributed by atoms with Crippen LogP contribution in [0.25, 0.3) is 0 Å². The van der Waals surface area contributed by atoms with E-state index in [1.807, 2.05) is 67.7 Å². The van der Waals surface area contributed by atoms with Crippen molar-refractivity contribution in [1.29, 1.82) is 0 Å². The fraction of sp³-hybridized carbons (Fsp3) is 0.381. The Hall–Kier alpha value is -4.78. The largest absolute Gasteiger partial charge is 0.489 e. The van der Waals surface area contributed by atoms with Crippen LogP contribution < -0.4 is 20.5 Å². The molecule has 1 amide bonds. The van der Waals surface area contributed by atoms with Gasteiger partial charge in [-0.3, -0.25) is 4.79 Å². The summed E-state index contributed by atoms with van der Waals surface area (Å²) in [6.45, 7) is 5.29. The third kappa shape index (κ3) is 14.3. The number of aromatic carboxylic acids is 1. The molecule has 11 nitrogen and oxygen atoms in total. The van der Waals surface area contributed by atoms with Crippen LogP contribution in [-0.2, 0) is 13.2 Å². The lowest BCUT2D eigenvalue weighted by Crippen LogP contribution is -2.50. The molecule has 0 aliphatic carbocycles. The van der Waals surface area contributed by atoms with E-state index in [0.29, 0.717) is 43.9 Å². The third-order valence-corrected chi connectivity index (χ3v) is 9.51. The highest BCUT2D eigenvalue weighted by molar-refractivity contribution is 5.94. The lowest BCUT2D eigenvalue weighted by molar-refractivity contribution is -0.0135. The summed E-state index contributed by atoms with van der Waals surface area (Å²) in [5, 5.41) is 31.8. The fourth-order valence-electron chi connectivity index (χ4n) is 5.68. The lowest BCUT2D eigenvalue weighted by atomic mass is 9.91. The normalized spacial score (nSPS) is 16.5. The first-order chi connectivity index (χ1) is 25.5. The molecule has 0 bridgehead atoms. The molecule has 6 N–H and O–H groups in total. The average molecular weight is 727 g/mol. The number of aliphatic hydroxyl groups is 2. The van der Waals surface area contributed by atoms with Gasteiger partial charge < -0.3 is 45.6 Å². The minimum Gasteiger partial charge on any atom is -0.489 e. The lowest BCUT2D eigenvalue weighted by Gasteiger charge is -2.36. The van der Waals surface area contributed by atoms with Crippen LogP contribution >= 0.6 is 0 Å². The van der Waals surface area contributed by atoms with E-state index in [1.54, 1.807) is 36.4 Å². The number of ether oxygens (including phenoxy) is 2. The molecule has 2 heterocycles. The number of piperidine rings is 2. The molecule has 6 rings (SSSR count). The van der Waals surface area contributed by atoms with Crippen LogP contribution in [0.15, 0.2) is 109 Å². The molecule has 2 saturated heterocycles. The topological polar surface area (TPSA) is 158 Å². The average Bonchev–Trinajstić information content (AvgIpc) is 3.19. The van der Waals surface area contributed by atoms with Crippen LogP contribution in [0.3, 0.4) is 0 Å². The SMILES string of the molecule is CN1CCC(O)(CN)CC1.CN1CCC(O)(CNC(=O)c2ccc(OCc3ccccc3)cc2)CC1.O=C(O)c1ccc(OCc2ccccc2)cc1. The number of nitrogens with zero attached hydrogens (tertiary/aromatic N) is 2. The fourth-order valence-corrected chi connectivity index (χ4v) is 5.68. The molecule has 0 saturated carbocycles. The third-order valence-electron chi connectivity index (χ3n) is 9.51. The molecule has 4 aromatic rings. The second kappa shape index (κ2) is 20.5. The van der Waals surface area contributed by atoms with E-state index < -0.39 is 17.2 Å². The zero-order chi connectivity index (χ0) is 38.1. The first-order valence-corrected chi connectivity index (χ1v) is 18.0. The Morgan fingerprint density at radius 2 is 1.04 bits per heavy atom. The molecule has 4 aromatic carbocycles. The van der Waals surface area contributed by atoms with Gasteiger partial charge >= 0.3 is 5.97 Å². The summed E-state index contributed by atoms with van der Waals surface area (Å²) < 4.78 is 11.3. The Balaban J connectivity index is 0.000000198. The van der Waals surface area contributed by atoms with Gasteiger partial charge in [-0.05, 0) is 99.4 Å². The Labute approximate surface area is 313 Å². The van der Waals surface area contributed by atoms with Crippen molar-refractivity contribution in [2.45, 2.75) is 50.1 Å². The van der Waals surface area contributed by atoms with Crippen molar-refractivity contribution in [3.63, 3.8) is 0 Å². The van der Waals surface area contributed by atoms with Gasteiger partial charge in [0.15, 0.2) is 0 Å². The van der Waals surface area contributed by atoms with Crippen LogP contribution in [0.4, 0.5) is 0 Å². The monoisotopic (exact) mass is 726 g/mol. The molecule has 53 heavy (non-hydrogen) atoms. The van der Waals surface area contributed by atoms with Crippen LogP contribution in [0.1, 0.15) is 57.5 Å². The summed E-state index contributed by atoms with van der Waals surface area (Å²) in [6, 6.07) is 33.2. The van der Waals surface area contributed by atoms with E-state index in [-0.39, 0.29) is 18.0 Å². The molecular weight excluding hydrogens is 672 g/mol. The summed E-state index contributed by atoms with van der Waals surface area (Å²) in [4.78, 5) is 27.4. The van der Waals surface area contributed by atoms with Crippen LogP contribution in [0.2, 0.25) is 0 Å².